The topological polar surface area (TPSA) is 38.3 Å². The predicted molar refractivity (Wildman–Crippen MR) is 69.4 cm³/mol. The second-order valence-corrected chi connectivity index (χ2v) is 4.37. The zero-order valence-corrected chi connectivity index (χ0v) is 11.1. The number of hydrogen-bond donors (Lipinski definition) is 1. The van der Waals surface area contributed by atoms with Crippen LogP contribution in [0, 0.1) is 5.92 Å². The number of methoxy groups -OCH3 is 1. The molecule has 4 heteroatoms. The molecule has 94 valence electrons. The quantitative estimate of drug-likeness (QED) is 0.822. The van der Waals surface area contributed by atoms with Gasteiger partial charge in [0.15, 0.2) is 0 Å². The first-order chi connectivity index (χ1) is 8.08. The minimum Gasteiger partial charge on any atom is -0.497 e. The lowest BCUT2D eigenvalue weighted by Crippen LogP contribution is -2.32. The fourth-order valence-corrected chi connectivity index (χ4v) is 1.54. The van der Waals surface area contributed by atoms with Crippen LogP contribution in [0.5, 0.6) is 5.75 Å². The molecule has 0 spiro atoms. The van der Waals surface area contributed by atoms with Gasteiger partial charge in [-0.25, -0.2) is 0 Å². The van der Waals surface area contributed by atoms with Crippen LogP contribution in [0.4, 0.5) is 0 Å². The van der Waals surface area contributed by atoms with Crippen molar-refractivity contribution in [3.63, 3.8) is 0 Å². The second kappa shape index (κ2) is 6.50. The van der Waals surface area contributed by atoms with Crippen LogP contribution < -0.4 is 10.1 Å². The fraction of sp³-hybridized carbons (Fsp3) is 0.462. The molecule has 3 nitrogen and oxygen atoms in total. The van der Waals surface area contributed by atoms with E-state index < -0.39 is 0 Å². The Bertz CT molecular complexity index is 364. The van der Waals surface area contributed by atoms with Crippen molar-refractivity contribution in [2.24, 2.45) is 5.92 Å². The molecule has 2 atom stereocenters. The third-order valence-electron chi connectivity index (χ3n) is 2.65. The molecule has 0 heterocycles. The first-order valence-electron chi connectivity index (χ1n) is 5.58. The van der Waals surface area contributed by atoms with Gasteiger partial charge in [0.2, 0.25) is 5.91 Å². The summed E-state index contributed by atoms with van der Waals surface area (Å²) in [5, 5.41) is 2.92. The monoisotopic (exact) mass is 255 g/mol. The summed E-state index contributed by atoms with van der Waals surface area (Å²) in [6.07, 6.45) is 0. The van der Waals surface area contributed by atoms with E-state index in [9.17, 15) is 4.79 Å². The lowest BCUT2D eigenvalue weighted by molar-refractivity contribution is -0.124. The molecule has 1 rings (SSSR count). The Morgan fingerprint density at radius 3 is 2.41 bits per heavy atom. The lowest BCUT2D eigenvalue weighted by atomic mass is 10.1. The average molecular weight is 256 g/mol. The van der Waals surface area contributed by atoms with Gasteiger partial charge in [-0.2, -0.15) is 0 Å². The van der Waals surface area contributed by atoms with Gasteiger partial charge < -0.3 is 10.1 Å². The van der Waals surface area contributed by atoms with Crippen LogP contribution in [0.25, 0.3) is 0 Å². The summed E-state index contributed by atoms with van der Waals surface area (Å²) in [5.41, 5.74) is 1.04. The van der Waals surface area contributed by atoms with Crippen molar-refractivity contribution in [3.05, 3.63) is 29.8 Å². The van der Waals surface area contributed by atoms with Crippen molar-refractivity contribution >= 4 is 17.5 Å². The second-order valence-electron chi connectivity index (χ2n) is 4.06. The van der Waals surface area contributed by atoms with E-state index in [1.165, 1.54) is 0 Å². The molecule has 1 unspecified atom stereocenters. The van der Waals surface area contributed by atoms with Crippen molar-refractivity contribution < 1.29 is 9.53 Å². The molecular weight excluding hydrogens is 238 g/mol. The largest absolute Gasteiger partial charge is 0.497 e. The van der Waals surface area contributed by atoms with Gasteiger partial charge >= 0.3 is 0 Å². The molecule has 0 aliphatic heterocycles. The maximum atomic E-state index is 11.7. The number of halogens is 1. The molecule has 0 aliphatic rings. The molecule has 1 aromatic carbocycles. The highest BCUT2D eigenvalue weighted by molar-refractivity contribution is 6.19. The van der Waals surface area contributed by atoms with Crippen molar-refractivity contribution in [3.8, 4) is 5.75 Å². The molecule has 0 radical (unpaired) electrons. The van der Waals surface area contributed by atoms with E-state index >= 15 is 0 Å². The Kier molecular flexibility index (Phi) is 5.29. The van der Waals surface area contributed by atoms with Gasteiger partial charge in [0.25, 0.3) is 0 Å². The maximum absolute atomic E-state index is 11.7. The maximum Gasteiger partial charge on any atom is 0.224 e. The van der Waals surface area contributed by atoms with Crippen LogP contribution in [-0.2, 0) is 4.79 Å². The standard InChI is InChI=1S/C13H18ClNO2/c1-9(8-14)13(16)15-10(2)11-4-6-12(17-3)7-5-11/h4-7,9-10H,8H2,1-3H3,(H,15,16)/t9?,10-/m1/s1. The van der Waals surface area contributed by atoms with Crippen LogP contribution in [-0.4, -0.2) is 18.9 Å². The normalized spacial score (nSPS) is 13.9. The predicted octanol–water partition coefficient (Wildman–Crippen LogP) is 2.75. The molecule has 0 fully saturated rings. The van der Waals surface area contributed by atoms with E-state index in [1.54, 1.807) is 7.11 Å². The molecule has 1 amide bonds. The van der Waals surface area contributed by atoms with Gasteiger partial charge in [0.1, 0.15) is 5.75 Å². The van der Waals surface area contributed by atoms with Gasteiger partial charge in [-0.15, -0.1) is 11.6 Å². The van der Waals surface area contributed by atoms with E-state index in [0.717, 1.165) is 11.3 Å². The Balaban J connectivity index is 2.63. The number of amides is 1. The Hall–Kier alpha value is -1.22. The summed E-state index contributed by atoms with van der Waals surface area (Å²) in [6.45, 7) is 3.75. The van der Waals surface area contributed by atoms with Gasteiger partial charge in [-0.1, -0.05) is 19.1 Å². The summed E-state index contributed by atoms with van der Waals surface area (Å²) in [6, 6.07) is 7.61. The molecule has 0 bridgehead atoms. The number of carbonyl (C=O) groups excluding carboxylic acids is 1. The SMILES string of the molecule is COc1ccc([C@@H](C)NC(=O)C(C)CCl)cc1. The molecule has 0 saturated carbocycles. The summed E-state index contributed by atoms with van der Waals surface area (Å²) < 4.78 is 5.08. The van der Waals surface area contributed by atoms with Crippen LogP contribution in [0.2, 0.25) is 0 Å². The van der Waals surface area contributed by atoms with Gasteiger partial charge in [-0.3, -0.25) is 4.79 Å². The number of alkyl halides is 1. The molecule has 1 N–H and O–H groups in total. The van der Waals surface area contributed by atoms with Gasteiger partial charge in [0.05, 0.1) is 13.2 Å². The minimum atomic E-state index is -0.169. The Morgan fingerprint density at radius 1 is 1.35 bits per heavy atom. The molecular formula is C13H18ClNO2. The highest BCUT2D eigenvalue weighted by Gasteiger charge is 2.14. The van der Waals surface area contributed by atoms with E-state index in [0.29, 0.717) is 5.88 Å². The van der Waals surface area contributed by atoms with Crippen molar-refractivity contribution in [2.45, 2.75) is 19.9 Å². The van der Waals surface area contributed by atoms with Crippen LogP contribution in [0.15, 0.2) is 24.3 Å². The van der Waals surface area contributed by atoms with Crippen molar-refractivity contribution in [2.75, 3.05) is 13.0 Å². The number of ether oxygens (including phenoxy) is 1. The third kappa shape index (κ3) is 3.93. The number of nitrogens with one attached hydrogen (secondary N) is 1. The smallest absolute Gasteiger partial charge is 0.224 e. The van der Waals surface area contributed by atoms with Crippen LogP contribution >= 0.6 is 11.6 Å². The minimum absolute atomic E-state index is 0.0247. The summed E-state index contributed by atoms with van der Waals surface area (Å²) in [4.78, 5) is 11.7. The van der Waals surface area contributed by atoms with Crippen LogP contribution in [0.3, 0.4) is 0 Å². The van der Waals surface area contributed by atoms with E-state index in [-0.39, 0.29) is 17.9 Å². The molecule has 17 heavy (non-hydrogen) atoms. The zero-order chi connectivity index (χ0) is 12.8. The van der Waals surface area contributed by atoms with E-state index in [4.69, 9.17) is 16.3 Å². The first kappa shape index (κ1) is 13.8. The van der Waals surface area contributed by atoms with Crippen molar-refractivity contribution in [1.29, 1.82) is 0 Å². The Labute approximate surface area is 107 Å². The van der Waals surface area contributed by atoms with Crippen molar-refractivity contribution in [1.82, 2.24) is 5.32 Å². The fourth-order valence-electron chi connectivity index (χ4n) is 1.40. The molecule has 0 aliphatic carbocycles. The highest BCUT2D eigenvalue weighted by Crippen LogP contribution is 2.17. The van der Waals surface area contributed by atoms with E-state index in [2.05, 4.69) is 5.32 Å². The number of benzene rings is 1. The highest BCUT2D eigenvalue weighted by atomic mass is 35.5. The summed E-state index contributed by atoms with van der Waals surface area (Å²) in [5.74, 6) is 0.948. The van der Waals surface area contributed by atoms with Gasteiger partial charge in [-0.05, 0) is 24.6 Å². The Morgan fingerprint density at radius 2 is 1.94 bits per heavy atom. The lowest BCUT2D eigenvalue weighted by Gasteiger charge is -2.17. The third-order valence-corrected chi connectivity index (χ3v) is 3.12. The molecule has 0 aromatic heterocycles. The molecule has 0 saturated heterocycles. The zero-order valence-electron chi connectivity index (χ0n) is 10.4. The summed E-state index contributed by atoms with van der Waals surface area (Å²) >= 11 is 5.64. The van der Waals surface area contributed by atoms with Crippen LogP contribution in [0.1, 0.15) is 25.5 Å². The summed E-state index contributed by atoms with van der Waals surface area (Å²) in [7, 11) is 1.63. The number of hydrogen-bond acceptors (Lipinski definition) is 2. The first-order valence-corrected chi connectivity index (χ1v) is 6.12. The van der Waals surface area contributed by atoms with E-state index in [1.807, 2.05) is 38.1 Å². The average Bonchev–Trinajstić information content (AvgIpc) is 2.37. The van der Waals surface area contributed by atoms with Gasteiger partial charge in [0, 0.05) is 11.8 Å². The number of carbonyl (C=O) groups is 1. The number of rotatable bonds is 5. The molecule has 1 aromatic rings.